The van der Waals surface area contributed by atoms with Crippen LogP contribution in [0.2, 0.25) is 0 Å². The molecular weight excluding hydrogens is 312 g/mol. The van der Waals surface area contributed by atoms with Crippen LogP contribution >= 0.6 is 0 Å². The van der Waals surface area contributed by atoms with Crippen molar-refractivity contribution in [3.8, 4) is 0 Å². The van der Waals surface area contributed by atoms with Crippen LogP contribution in [0.25, 0.3) is 0 Å². The number of aromatic nitrogens is 1. The molecule has 0 bridgehead atoms. The second-order valence-electron chi connectivity index (χ2n) is 6.94. The lowest BCUT2D eigenvalue weighted by Crippen LogP contribution is -2.54. The number of carbonyl (C=O) groups excluding carboxylic acids is 1. The number of urea groups is 1. The molecule has 1 aromatic carbocycles. The molecule has 1 atom stereocenters. The van der Waals surface area contributed by atoms with E-state index in [0.29, 0.717) is 6.54 Å². The Bertz CT molecular complexity index is 715. The maximum absolute atomic E-state index is 12.8. The number of rotatable bonds is 4. The van der Waals surface area contributed by atoms with Crippen molar-refractivity contribution < 1.29 is 4.79 Å². The third-order valence-electron chi connectivity index (χ3n) is 5.44. The molecule has 0 spiro atoms. The number of amides is 2. The summed E-state index contributed by atoms with van der Waals surface area (Å²) in [4.78, 5) is 19.1. The van der Waals surface area contributed by atoms with E-state index in [4.69, 9.17) is 0 Å². The molecule has 5 nitrogen and oxygen atoms in total. The average molecular weight is 336 g/mol. The first-order valence-electron chi connectivity index (χ1n) is 9.02. The lowest BCUT2D eigenvalue weighted by molar-refractivity contribution is 0.0969. The van der Waals surface area contributed by atoms with Gasteiger partial charge in [-0.3, -0.25) is 4.98 Å². The van der Waals surface area contributed by atoms with Crippen molar-refractivity contribution in [2.24, 2.45) is 0 Å². The van der Waals surface area contributed by atoms with Gasteiger partial charge in [-0.05, 0) is 49.2 Å². The van der Waals surface area contributed by atoms with Crippen molar-refractivity contribution in [2.75, 3.05) is 19.6 Å². The number of hydrogen-bond acceptors (Lipinski definition) is 3. The van der Waals surface area contributed by atoms with Crippen molar-refractivity contribution in [1.82, 2.24) is 20.5 Å². The number of pyridine rings is 1. The Morgan fingerprint density at radius 2 is 1.80 bits per heavy atom. The van der Waals surface area contributed by atoms with E-state index in [9.17, 15) is 4.79 Å². The topological polar surface area (TPSA) is 57.3 Å². The number of hydrogen-bond donors (Lipinski definition) is 2. The van der Waals surface area contributed by atoms with E-state index in [1.165, 1.54) is 11.1 Å². The van der Waals surface area contributed by atoms with Gasteiger partial charge in [-0.2, -0.15) is 0 Å². The maximum atomic E-state index is 12.8. The minimum Gasteiger partial charge on any atom is -0.335 e. The molecule has 25 heavy (non-hydrogen) atoms. The summed E-state index contributed by atoms with van der Waals surface area (Å²) in [6, 6.07) is 14.9. The SMILES string of the molecule is O=C1NC[C@@](Cc2ccncc2)(c2ccccc2)N1C1CCNCC1. The summed E-state index contributed by atoms with van der Waals surface area (Å²) in [6.07, 6.45) is 6.44. The normalized spacial score (nSPS) is 24.3. The van der Waals surface area contributed by atoms with Gasteiger partial charge in [0.25, 0.3) is 0 Å². The van der Waals surface area contributed by atoms with Gasteiger partial charge in [0.2, 0.25) is 0 Å². The van der Waals surface area contributed by atoms with Gasteiger partial charge in [0.15, 0.2) is 0 Å². The summed E-state index contributed by atoms with van der Waals surface area (Å²) in [5, 5.41) is 6.53. The number of nitrogens with zero attached hydrogens (tertiary/aromatic N) is 2. The second kappa shape index (κ2) is 6.84. The van der Waals surface area contributed by atoms with Crippen molar-refractivity contribution in [1.29, 1.82) is 0 Å². The molecule has 4 rings (SSSR count). The summed E-state index contributed by atoms with van der Waals surface area (Å²) >= 11 is 0. The van der Waals surface area contributed by atoms with Gasteiger partial charge in [-0.15, -0.1) is 0 Å². The second-order valence-corrected chi connectivity index (χ2v) is 6.94. The Morgan fingerprint density at radius 3 is 2.52 bits per heavy atom. The summed E-state index contributed by atoms with van der Waals surface area (Å²) < 4.78 is 0. The van der Waals surface area contributed by atoms with Crippen LogP contribution in [0.4, 0.5) is 4.79 Å². The molecule has 0 aliphatic carbocycles. The fourth-order valence-electron chi connectivity index (χ4n) is 4.24. The Labute approximate surface area is 148 Å². The average Bonchev–Trinajstić information content (AvgIpc) is 3.01. The first kappa shape index (κ1) is 16.1. The van der Waals surface area contributed by atoms with Crippen LogP contribution < -0.4 is 10.6 Å². The Hall–Kier alpha value is -2.40. The quantitative estimate of drug-likeness (QED) is 0.901. The summed E-state index contributed by atoms with van der Waals surface area (Å²) in [7, 11) is 0. The van der Waals surface area contributed by atoms with Gasteiger partial charge in [-0.25, -0.2) is 4.79 Å². The van der Waals surface area contributed by atoms with Crippen molar-refractivity contribution in [2.45, 2.75) is 30.8 Å². The molecule has 1 aromatic heterocycles. The molecule has 2 aliphatic heterocycles. The highest BCUT2D eigenvalue weighted by molar-refractivity contribution is 5.79. The van der Waals surface area contributed by atoms with E-state index in [2.05, 4.69) is 44.8 Å². The molecule has 0 unspecified atom stereocenters. The number of benzene rings is 1. The van der Waals surface area contributed by atoms with Crippen LogP contribution in [-0.4, -0.2) is 41.6 Å². The summed E-state index contributed by atoms with van der Waals surface area (Å²) in [5.41, 5.74) is 2.06. The molecule has 3 heterocycles. The first-order chi connectivity index (χ1) is 12.3. The van der Waals surface area contributed by atoms with Crippen LogP contribution in [0.1, 0.15) is 24.0 Å². The number of nitrogens with one attached hydrogen (secondary N) is 2. The Kier molecular flexibility index (Phi) is 4.40. The zero-order chi connectivity index (χ0) is 17.1. The zero-order valence-electron chi connectivity index (χ0n) is 14.3. The van der Waals surface area contributed by atoms with Crippen LogP contribution in [0.15, 0.2) is 54.9 Å². The van der Waals surface area contributed by atoms with Crippen LogP contribution in [0.5, 0.6) is 0 Å². The molecular formula is C20H24N4O. The third kappa shape index (κ3) is 3.00. The largest absolute Gasteiger partial charge is 0.335 e. The fraction of sp³-hybridized carbons (Fsp3) is 0.400. The molecule has 0 radical (unpaired) electrons. The zero-order valence-corrected chi connectivity index (χ0v) is 14.3. The van der Waals surface area contributed by atoms with Gasteiger partial charge in [0, 0.05) is 31.4 Å². The van der Waals surface area contributed by atoms with Crippen LogP contribution in [0, 0.1) is 0 Å². The smallest absolute Gasteiger partial charge is 0.318 e. The molecule has 2 N–H and O–H groups in total. The Morgan fingerprint density at radius 1 is 1.08 bits per heavy atom. The van der Waals surface area contributed by atoms with Crippen molar-refractivity contribution >= 4 is 6.03 Å². The van der Waals surface area contributed by atoms with E-state index in [1.807, 2.05) is 30.6 Å². The molecule has 2 saturated heterocycles. The Balaban J connectivity index is 1.77. The van der Waals surface area contributed by atoms with Crippen molar-refractivity contribution in [3.05, 3.63) is 66.0 Å². The van der Waals surface area contributed by atoms with E-state index >= 15 is 0 Å². The molecule has 0 saturated carbocycles. The molecule has 2 aromatic rings. The van der Waals surface area contributed by atoms with Crippen LogP contribution in [-0.2, 0) is 12.0 Å². The van der Waals surface area contributed by atoms with Crippen molar-refractivity contribution in [3.63, 3.8) is 0 Å². The third-order valence-corrected chi connectivity index (χ3v) is 5.44. The number of carbonyl (C=O) groups is 1. The van der Waals surface area contributed by atoms with Gasteiger partial charge in [0.05, 0.1) is 5.54 Å². The predicted octanol–water partition coefficient (Wildman–Crippen LogP) is 2.30. The highest BCUT2D eigenvalue weighted by atomic mass is 16.2. The maximum Gasteiger partial charge on any atom is 0.318 e. The van der Waals surface area contributed by atoms with Crippen LogP contribution in [0.3, 0.4) is 0 Å². The lowest BCUT2D eigenvalue weighted by atomic mass is 9.81. The predicted molar refractivity (Wildman–Crippen MR) is 97.2 cm³/mol. The van der Waals surface area contributed by atoms with E-state index in [1.54, 1.807) is 0 Å². The lowest BCUT2D eigenvalue weighted by Gasteiger charge is -2.44. The molecule has 130 valence electrons. The van der Waals surface area contributed by atoms with Gasteiger partial charge >= 0.3 is 6.03 Å². The van der Waals surface area contributed by atoms with Gasteiger partial charge in [-0.1, -0.05) is 30.3 Å². The highest BCUT2D eigenvalue weighted by Gasteiger charge is 2.49. The standard InChI is InChI=1S/C20H24N4O/c25-19-23-15-20(17-4-2-1-3-5-17,14-16-6-10-21-11-7-16)24(19)18-8-12-22-13-9-18/h1-7,10-11,18,22H,8-9,12-15H2,(H,23,25)/t20-/m0/s1. The summed E-state index contributed by atoms with van der Waals surface area (Å²) in [6.45, 7) is 2.57. The minimum absolute atomic E-state index is 0.0600. The molecule has 5 heteroatoms. The number of piperidine rings is 1. The van der Waals surface area contributed by atoms with E-state index in [0.717, 1.165) is 32.4 Å². The molecule has 2 aliphatic rings. The minimum atomic E-state index is -0.346. The van der Waals surface area contributed by atoms with Gasteiger partial charge < -0.3 is 15.5 Å². The van der Waals surface area contributed by atoms with E-state index in [-0.39, 0.29) is 17.6 Å². The first-order valence-corrected chi connectivity index (χ1v) is 9.02. The van der Waals surface area contributed by atoms with Gasteiger partial charge in [0.1, 0.15) is 0 Å². The monoisotopic (exact) mass is 336 g/mol. The molecule has 2 fully saturated rings. The summed E-state index contributed by atoms with van der Waals surface area (Å²) in [5.74, 6) is 0. The highest BCUT2D eigenvalue weighted by Crippen LogP contribution is 2.38. The molecule has 2 amide bonds. The fourth-order valence-corrected chi connectivity index (χ4v) is 4.24. The van der Waals surface area contributed by atoms with E-state index < -0.39 is 0 Å².